The summed E-state index contributed by atoms with van der Waals surface area (Å²) in [6, 6.07) is 38.1. The molecule has 0 aliphatic rings. The molecule has 0 aliphatic heterocycles. The maximum absolute atomic E-state index is 6.08. The van der Waals surface area contributed by atoms with Gasteiger partial charge in [0.05, 0.1) is 0 Å². The number of rotatable bonds is 10. The van der Waals surface area contributed by atoms with Crippen LogP contribution in [0.25, 0.3) is 10.9 Å². The number of hydrogen-bond donors (Lipinski definition) is 1. The van der Waals surface area contributed by atoms with Crippen LogP contribution in [-0.4, -0.2) is 16.4 Å². The van der Waals surface area contributed by atoms with Gasteiger partial charge in [-0.05, 0) is 46.9 Å². The molecule has 1 heterocycles. The zero-order chi connectivity index (χ0) is 23.0. The normalized spacial score (nSPS) is 10.9. The Kier molecular flexibility index (Phi) is 8.61. The number of halogens is 1. The fourth-order valence-electron chi connectivity index (χ4n) is 4.37. The van der Waals surface area contributed by atoms with Crippen molar-refractivity contribution in [3.8, 4) is 5.75 Å². The van der Waals surface area contributed by atoms with Gasteiger partial charge in [0.15, 0.2) is 0 Å². The molecule has 178 valence electrons. The Morgan fingerprint density at radius 2 is 1.23 bits per heavy atom. The highest BCUT2D eigenvalue weighted by Crippen LogP contribution is 2.25. The number of aromatic nitrogens is 1. The smallest absolute Gasteiger partial charge is 0.120 e. The van der Waals surface area contributed by atoms with Crippen molar-refractivity contribution in [1.82, 2.24) is 9.88 Å². The minimum atomic E-state index is 0. The lowest BCUT2D eigenvalue weighted by Gasteiger charge is -2.22. The standard InChI is InChI=1S/C31H30N2O.ClH/c1-4-10-25(11-5-1)22-33(23-26-12-6-2-7-13-26)19-18-28-21-32-31-17-16-29(20-30(28)31)34-24-27-14-8-3-9-15-27;/h1-17,20-21,32H,18-19,22-24H2;1H. The maximum atomic E-state index is 6.08. The summed E-state index contributed by atoms with van der Waals surface area (Å²) in [5, 5.41) is 1.24. The molecule has 0 fully saturated rings. The number of ether oxygens (including phenoxy) is 1. The molecule has 0 radical (unpaired) electrons. The molecular weight excluding hydrogens is 452 g/mol. The predicted octanol–water partition coefficient (Wildman–Crippen LogP) is 7.41. The van der Waals surface area contributed by atoms with E-state index < -0.39 is 0 Å². The SMILES string of the molecule is Cl.c1ccc(COc2ccc3[nH]cc(CCN(Cc4ccccc4)Cc4ccccc4)c3c2)cc1. The summed E-state index contributed by atoms with van der Waals surface area (Å²) in [5.74, 6) is 0.905. The van der Waals surface area contributed by atoms with Gasteiger partial charge < -0.3 is 9.72 Å². The fraction of sp³-hybridized carbons (Fsp3) is 0.161. The molecule has 0 saturated carbocycles. The number of aromatic amines is 1. The molecule has 3 nitrogen and oxygen atoms in total. The monoisotopic (exact) mass is 482 g/mol. The summed E-state index contributed by atoms with van der Waals surface area (Å²) in [4.78, 5) is 5.97. The molecule has 5 aromatic rings. The van der Waals surface area contributed by atoms with Crippen LogP contribution in [0, 0.1) is 0 Å². The van der Waals surface area contributed by atoms with Crippen molar-refractivity contribution in [2.75, 3.05) is 6.54 Å². The van der Waals surface area contributed by atoms with Gasteiger partial charge >= 0.3 is 0 Å². The van der Waals surface area contributed by atoms with Crippen LogP contribution in [0.1, 0.15) is 22.3 Å². The molecule has 1 aromatic heterocycles. The van der Waals surface area contributed by atoms with E-state index in [1.807, 2.05) is 24.3 Å². The molecule has 35 heavy (non-hydrogen) atoms. The highest BCUT2D eigenvalue weighted by molar-refractivity contribution is 5.85. The number of nitrogens with one attached hydrogen (secondary N) is 1. The first kappa shape index (κ1) is 24.6. The number of H-pyrrole nitrogens is 1. The van der Waals surface area contributed by atoms with Crippen LogP contribution in [0.2, 0.25) is 0 Å². The minimum absolute atomic E-state index is 0. The van der Waals surface area contributed by atoms with Gasteiger partial charge in [-0.1, -0.05) is 91.0 Å². The van der Waals surface area contributed by atoms with Gasteiger partial charge in [0.1, 0.15) is 12.4 Å². The van der Waals surface area contributed by atoms with Crippen LogP contribution >= 0.6 is 12.4 Å². The van der Waals surface area contributed by atoms with Gasteiger partial charge in [0, 0.05) is 36.7 Å². The molecular formula is C31H31ClN2O. The minimum Gasteiger partial charge on any atom is -0.489 e. The molecule has 1 N–H and O–H groups in total. The summed E-state index contributed by atoms with van der Waals surface area (Å²) in [6.45, 7) is 3.42. The van der Waals surface area contributed by atoms with E-state index in [0.29, 0.717) is 6.61 Å². The van der Waals surface area contributed by atoms with Gasteiger partial charge in [0.2, 0.25) is 0 Å². The third kappa shape index (κ3) is 6.75. The van der Waals surface area contributed by atoms with Crippen LogP contribution in [0.5, 0.6) is 5.75 Å². The zero-order valence-corrected chi connectivity index (χ0v) is 20.6. The second-order valence-corrected chi connectivity index (χ2v) is 8.73. The molecule has 0 unspecified atom stereocenters. The maximum Gasteiger partial charge on any atom is 0.120 e. The number of nitrogens with zero attached hydrogens (tertiary/aromatic N) is 1. The number of fused-ring (bicyclic) bond motifs is 1. The van der Waals surface area contributed by atoms with E-state index in [4.69, 9.17) is 4.74 Å². The van der Waals surface area contributed by atoms with Gasteiger partial charge in [0.25, 0.3) is 0 Å². The lowest BCUT2D eigenvalue weighted by molar-refractivity contribution is 0.260. The molecule has 0 spiro atoms. The van der Waals surface area contributed by atoms with Crippen LogP contribution in [0.15, 0.2) is 115 Å². The summed E-state index contributed by atoms with van der Waals surface area (Å²) in [6.07, 6.45) is 3.12. The Bertz CT molecular complexity index is 1260. The van der Waals surface area contributed by atoms with Crippen molar-refractivity contribution in [1.29, 1.82) is 0 Å². The average molecular weight is 483 g/mol. The van der Waals surface area contributed by atoms with Gasteiger partial charge in [-0.15, -0.1) is 12.4 Å². The van der Waals surface area contributed by atoms with Crippen LogP contribution in [0.4, 0.5) is 0 Å². The van der Waals surface area contributed by atoms with E-state index in [0.717, 1.165) is 37.3 Å². The second kappa shape index (κ2) is 12.3. The van der Waals surface area contributed by atoms with E-state index in [2.05, 4.69) is 101 Å². The van der Waals surface area contributed by atoms with Crippen molar-refractivity contribution in [3.05, 3.63) is 138 Å². The van der Waals surface area contributed by atoms with Crippen LogP contribution < -0.4 is 4.74 Å². The Hall–Kier alpha value is -3.53. The molecule has 0 amide bonds. The predicted molar refractivity (Wildman–Crippen MR) is 147 cm³/mol. The van der Waals surface area contributed by atoms with Crippen molar-refractivity contribution < 1.29 is 4.74 Å². The van der Waals surface area contributed by atoms with E-state index in [1.54, 1.807) is 0 Å². The summed E-state index contributed by atoms with van der Waals surface area (Å²) < 4.78 is 6.08. The van der Waals surface area contributed by atoms with Crippen LogP contribution in [0.3, 0.4) is 0 Å². The lowest BCUT2D eigenvalue weighted by atomic mass is 10.1. The van der Waals surface area contributed by atoms with Crippen LogP contribution in [-0.2, 0) is 26.1 Å². The zero-order valence-electron chi connectivity index (χ0n) is 19.8. The fourth-order valence-corrected chi connectivity index (χ4v) is 4.37. The Labute approximate surface area is 213 Å². The molecule has 0 atom stereocenters. The van der Waals surface area contributed by atoms with Crippen molar-refractivity contribution in [3.63, 3.8) is 0 Å². The molecule has 4 aromatic carbocycles. The largest absolute Gasteiger partial charge is 0.489 e. The number of benzene rings is 4. The summed E-state index contributed by atoms with van der Waals surface area (Å²) >= 11 is 0. The highest BCUT2D eigenvalue weighted by Gasteiger charge is 2.11. The van der Waals surface area contributed by atoms with Crippen molar-refractivity contribution in [2.45, 2.75) is 26.1 Å². The molecule has 0 saturated heterocycles. The van der Waals surface area contributed by atoms with Gasteiger partial charge in [-0.2, -0.15) is 0 Å². The first-order valence-corrected chi connectivity index (χ1v) is 11.9. The topological polar surface area (TPSA) is 28.3 Å². The molecule has 4 heteroatoms. The van der Waals surface area contributed by atoms with Gasteiger partial charge in [-0.3, -0.25) is 4.90 Å². The third-order valence-corrected chi connectivity index (χ3v) is 6.18. The van der Waals surface area contributed by atoms with E-state index in [1.165, 1.54) is 27.6 Å². The summed E-state index contributed by atoms with van der Waals surface area (Å²) in [5.41, 5.74) is 6.34. The quantitative estimate of drug-likeness (QED) is 0.224. The molecule has 5 rings (SSSR count). The van der Waals surface area contributed by atoms with Crippen molar-refractivity contribution >= 4 is 23.3 Å². The highest BCUT2D eigenvalue weighted by atomic mass is 35.5. The Morgan fingerprint density at radius 3 is 1.83 bits per heavy atom. The first-order valence-electron chi connectivity index (χ1n) is 11.9. The Balaban J connectivity index is 0.00000289. The van der Waals surface area contributed by atoms with Crippen molar-refractivity contribution in [2.24, 2.45) is 0 Å². The average Bonchev–Trinajstić information content (AvgIpc) is 3.30. The first-order chi connectivity index (χ1) is 16.8. The van der Waals surface area contributed by atoms with Gasteiger partial charge in [-0.25, -0.2) is 0 Å². The van der Waals surface area contributed by atoms with E-state index >= 15 is 0 Å². The lowest BCUT2D eigenvalue weighted by Crippen LogP contribution is -2.25. The summed E-state index contributed by atoms with van der Waals surface area (Å²) in [7, 11) is 0. The third-order valence-electron chi connectivity index (χ3n) is 6.18. The van der Waals surface area contributed by atoms with E-state index in [9.17, 15) is 0 Å². The Morgan fingerprint density at radius 1 is 0.657 bits per heavy atom. The second-order valence-electron chi connectivity index (χ2n) is 8.73. The molecule has 0 bridgehead atoms. The number of hydrogen-bond acceptors (Lipinski definition) is 2. The van der Waals surface area contributed by atoms with E-state index in [-0.39, 0.29) is 12.4 Å². The molecule has 0 aliphatic carbocycles.